The fourth-order valence-corrected chi connectivity index (χ4v) is 2.71. The van der Waals surface area contributed by atoms with E-state index in [9.17, 15) is 4.79 Å². The molecule has 0 amide bonds. The summed E-state index contributed by atoms with van der Waals surface area (Å²) >= 11 is 9.43. The van der Waals surface area contributed by atoms with Crippen LogP contribution in [0.2, 0.25) is 5.02 Å². The molecule has 0 unspecified atom stereocenters. The van der Waals surface area contributed by atoms with Crippen molar-refractivity contribution in [1.82, 2.24) is 0 Å². The zero-order chi connectivity index (χ0) is 14.5. The van der Waals surface area contributed by atoms with E-state index >= 15 is 0 Å². The average Bonchev–Trinajstić information content (AvgIpc) is 2.45. The van der Waals surface area contributed by atoms with Crippen molar-refractivity contribution in [3.05, 3.63) is 63.6 Å². The molecule has 4 heteroatoms. The number of para-hydroxylation sites is 1. The first kappa shape index (κ1) is 15.1. The highest BCUT2D eigenvalue weighted by atomic mass is 79.9. The third kappa shape index (κ3) is 3.84. The van der Waals surface area contributed by atoms with Gasteiger partial charge >= 0.3 is 0 Å². The number of anilines is 1. The van der Waals surface area contributed by atoms with Crippen molar-refractivity contribution < 1.29 is 4.79 Å². The van der Waals surface area contributed by atoms with Crippen molar-refractivity contribution in [1.29, 1.82) is 0 Å². The van der Waals surface area contributed by atoms with E-state index in [2.05, 4.69) is 20.8 Å². The van der Waals surface area contributed by atoms with E-state index in [1.54, 1.807) is 12.1 Å². The molecule has 2 nitrogen and oxygen atoms in total. The van der Waals surface area contributed by atoms with Crippen LogP contribution in [0.15, 0.2) is 53.0 Å². The number of carbonyl (C=O) groups excluding carboxylic acids is 1. The highest BCUT2D eigenvalue weighted by Gasteiger charge is 2.11. The largest absolute Gasteiger partial charge is 0.374 e. The van der Waals surface area contributed by atoms with E-state index in [1.807, 2.05) is 43.4 Å². The maximum absolute atomic E-state index is 12.2. The smallest absolute Gasteiger partial charge is 0.166 e. The molecule has 0 heterocycles. The number of hydrogen-bond acceptors (Lipinski definition) is 2. The highest BCUT2D eigenvalue weighted by Crippen LogP contribution is 2.22. The van der Waals surface area contributed by atoms with Crippen LogP contribution in [0.4, 0.5) is 5.69 Å². The van der Waals surface area contributed by atoms with Crippen LogP contribution in [0.3, 0.4) is 0 Å². The number of nitrogens with zero attached hydrogens (tertiary/aromatic N) is 1. The Morgan fingerprint density at radius 3 is 2.55 bits per heavy atom. The number of halogens is 2. The van der Waals surface area contributed by atoms with Gasteiger partial charge in [0.25, 0.3) is 0 Å². The van der Waals surface area contributed by atoms with Gasteiger partial charge in [-0.2, -0.15) is 0 Å². The number of carbonyl (C=O) groups is 1. The molecule has 0 aliphatic rings. The Hall–Kier alpha value is -1.32. The van der Waals surface area contributed by atoms with Crippen LogP contribution in [0.1, 0.15) is 16.8 Å². The van der Waals surface area contributed by atoms with Crippen LogP contribution in [-0.2, 0) is 0 Å². The van der Waals surface area contributed by atoms with E-state index in [-0.39, 0.29) is 5.78 Å². The number of rotatable bonds is 5. The quantitative estimate of drug-likeness (QED) is 0.720. The van der Waals surface area contributed by atoms with Gasteiger partial charge < -0.3 is 4.90 Å². The van der Waals surface area contributed by atoms with Crippen LogP contribution < -0.4 is 4.90 Å². The lowest BCUT2D eigenvalue weighted by atomic mass is 10.1. The molecule has 0 radical (unpaired) electrons. The molecule has 0 spiro atoms. The second-order valence-corrected chi connectivity index (χ2v) is 5.88. The van der Waals surface area contributed by atoms with Crippen LogP contribution in [0.25, 0.3) is 0 Å². The molecule has 0 aliphatic carbocycles. The Morgan fingerprint density at radius 2 is 1.90 bits per heavy atom. The van der Waals surface area contributed by atoms with E-state index < -0.39 is 0 Å². The molecule has 2 rings (SSSR count). The molecular formula is C16H15BrClNO. The van der Waals surface area contributed by atoms with E-state index in [0.29, 0.717) is 23.6 Å². The summed E-state index contributed by atoms with van der Waals surface area (Å²) in [4.78, 5) is 14.2. The molecule has 0 fully saturated rings. The summed E-state index contributed by atoms with van der Waals surface area (Å²) in [5, 5.41) is 0.492. The first-order valence-corrected chi connectivity index (χ1v) is 7.49. The monoisotopic (exact) mass is 351 g/mol. The molecule has 0 N–H and O–H groups in total. The molecule has 0 aromatic heterocycles. The number of hydrogen-bond donors (Lipinski definition) is 0. The van der Waals surface area contributed by atoms with Gasteiger partial charge in [0.2, 0.25) is 0 Å². The van der Waals surface area contributed by atoms with Gasteiger partial charge in [0, 0.05) is 35.7 Å². The molecule has 2 aromatic carbocycles. The van der Waals surface area contributed by atoms with Crippen LogP contribution in [0, 0.1) is 0 Å². The topological polar surface area (TPSA) is 20.3 Å². The van der Waals surface area contributed by atoms with Gasteiger partial charge in [-0.05, 0) is 30.3 Å². The Labute approximate surface area is 132 Å². The van der Waals surface area contributed by atoms with E-state index in [0.717, 1.165) is 10.2 Å². The lowest BCUT2D eigenvalue weighted by Crippen LogP contribution is -2.21. The first-order chi connectivity index (χ1) is 9.58. The fraction of sp³-hybridized carbons (Fsp3) is 0.188. The third-order valence-corrected chi connectivity index (χ3v) is 3.91. The van der Waals surface area contributed by atoms with Crippen LogP contribution in [0.5, 0.6) is 0 Å². The van der Waals surface area contributed by atoms with E-state index in [4.69, 9.17) is 11.6 Å². The Balaban J connectivity index is 1.99. The summed E-state index contributed by atoms with van der Waals surface area (Å²) in [6, 6.07) is 15.3. The number of ketones is 1. The molecule has 0 bridgehead atoms. The van der Waals surface area contributed by atoms with Gasteiger partial charge in [0.15, 0.2) is 5.78 Å². The maximum Gasteiger partial charge on any atom is 0.166 e. The van der Waals surface area contributed by atoms with Gasteiger partial charge in [0.1, 0.15) is 0 Å². The molecule has 0 saturated carbocycles. The highest BCUT2D eigenvalue weighted by molar-refractivity contribution is 9.10. The molecule has 0 saturated heterocycles. The minimum Gasteiger partial charge on any atom is -0.374 e. The minimum absolute atomic E-state index is 0.0604. The second-order valence-electron chi connectivity index (χ2n) is 4.55. The summed E-state index contributed by atoms with van der Waals surface area (Å²) < 4.78 is 0.875. The fourth-order valence-electron chi connectivity index (χ4n) is 1.93. The van der Waals surface area contributed by atoms with Crippen molar-refractivity contribution in [2.75, 3.05) is 18.5 Å². The summed E-state index contributed by atoms with van der Waals surface area (Å²) in [5.41, 5.74) is 1.68. The van der Waals surface area contributed by atoms with Gasteiger partial charge in [-0.25, -0.2) is 0 Å². The van der Waals surface area contributed by atoms with Crippen molar-refractivity contribution in [2.24, 2.45) is 0 Å². The van der Waals surface area contributed by atoms with Crippen molar-refractivity contribution in [3.8, 4) is 0 Å². The summed E-state index contributed by atoms with van der Waals surface area (Å²) in [6.45, 7) is 0.662. The summed E-state index contributed by atoms with van der Waals surface area (Å²) in [6.07, 6.45) is 0.437. The SMILES string of the molecule is CN(CCC(=O)c1ccc(Br)cc1Cl)c1ccccc1. The van der Waals surface area contributed by atoms with Gasteiger partial charge in [0.05, 0.1) is 5.02 Å². The average molecular weight is 353 g/mol. The Bertz CT molecular complexity index is 601. The molecular weight excluding hydrogens is 338 g/mol. The van der Waals surface area contributed by atoms with Crippen molar-refractivity contribution in [2.45, 2.75) is 6.42 Å². The maximum atomic E-state index is 12.2. The summed E-state index contributed by atoms with van der Waals surface area (Å²) in [7, 11) is 1.98. The molecule has 104 valence electrons. The Morgan fingerprint density at radius 1 is 1.20 bits per heavy atom. The minimum atomic E-state index is 0.0604. The Kier molecular flexibility index (Phi) is 5.21. The summed E-state index contributed by atoms with van der Waals surface area (Å²) in [5.74, 6) is 0.0604. The molecule has 2 aromatic rings. The molecule has 20 heavy (non-hydrogen) atoms. The van der Waals surface area contributed by atoms with Gasteiger partial charge in [-0.3, -0.25) is 4.79 Å². The van der Waals surface area contributed by atoms with Gasteiger partial charge in [-0.15, -0.1) is 0 Å². The first-order valence-electron chi connectivity index (χ1n) is 6.32. The molecule has 0 aliphatic heterocycles. The predicted octanol–water partition coefficient (Wildman–Crippen LogP) is 4.81. The van der Waals surface area contributed by atoms with E-state index in [1.165, 1.54) is 0 Å². The lowest BCUT2D eigenvalue weighted by Gasteiger charge is -2.18. The van der Waals surface area contributed by atoms with Crippen LogP contribution >= 0.6 is 27.5 Å². The normalized spacial score (nSPS) is 10.3. The number of benzene rings is 2. The van der Waals surface area contributed by atoms with Gasteiger partial charge in [-0.1, -0.05) is 45.7 Å². The van der Waals surface area contributed by atoms with Crippen molar-refractivity contribution >= 4 is 39.0 Å². The van der Waals surface area contributed by atoms with Crippen LogP contribution in [-0.4, -0.2) is 19.4 Å². The zero-order valence-corrected chi connectivity index (χ0v) is 13.5. The standard InChI is InChI=1S/C16H15BrClNO/c1-19(13-5-3-2-4-6-13)10-9-16(20)14-8-7-12(17)11-15(14)18/h2-8,11H,9-10H2,1H3. The zero-order valence-electron chi connectivity index (χ0n) is 11.1. The molecule has 0 atom stereocenters. The predicted molar refractivity (Wildman–Crippen MR) is 87.8 cm³/mol. The second kappa shape index (κ2) is 6.91. The number of Topliss-reactive ketones (excluding diaryl/α,β-unsaturated/α-hetero) is 1. The third-order valence-electron chi connectivity index (χ3n) is 3.10. The lowest BCUT2D eigenvalue weighted by molar-refractivity contribution is 0.0985. The van der Waals surface area contributed by atoms with Crippen molar-refractivity contribution in [3.63, 3.8) is 0 Å².